The van der Waals surface area contributed by atoms with Gasteiger partial charge in [-0.3, -0.25) is 4.90 Å². The van der Waals surface area contributed by atoms with E-state index in [0.717, 1.165) is 31.1 Å². The van der Waals surface area contributed by atoms with E-state index in [2.05, 4.69) is 38.7 Å². The molecular weight excluding hydrogens is 234 g/mol. The average molecular weight is 261 g/mol. The third-order valence-corrected chi connectivity index (χ3v) is 4.44. The predicted octanol–water partition coefficient (Wildman–Crippen LogP) is 3.96. The van der Waals surface area contributed by atoms with Gasteiger partial charge in [-0.25, -0.2) is 0 Å². The Labute approximate surface area is 117 Å². The number of benzene rings is 1. The molecule has 1 saturated heterocycles. The van der Waals surface area contributed by atoms with E-state index in [1.54, 1.807) is 0 Å². The number of likely N-dealkylation sites (tertiary alicyclic amines) is 1. The van der Waals surface area contributed by atoms with Crippen LogP contribution >= 0.6 is 0 Å². The van der Waals surface area contributed by atoms with E-state index >= 15 is 0 Å². The molecule has 0 spiro atoms. The van der Waals surface area contributed by atoms with Gasteiger partial charge in [0, 0.05) is 12.1 Å². The van der Waals surface area contributed by atoms with Gasteiger partial charge in [-0.1, -0.05) is 38.5 Å². The Bertz CT molecular complexity index is 425. The summed E-state index contributed by atoms with van der Waals surface area (Å²) in [7, 11) is 0. The fraction of sp³-hybridized carbons (Fsp3) is 0.647. The SMILES string of the molecule is Cc1ccc(O)c(CN2CCC(C(C)(C)C)CC2)c1. The maximum atomic E-state index is 9.92. The molecule has 1 N–H and O–H groups in total. The molecule has 0 unspecified atom stereocenters. The quantitative estimate of drug-likeness (QED) is 0.871. The van der Waals surface area contributed by atoms with E-state index in [1.807, 2.05) is 12.1 Å². The molecule has 1 heterocycles. The first-order valence-corrected chi connectivity index (χ1v) is 7.37. The third-order valence-electron chi connectivity index (χ3n) is 4.44. The van der Waals surface area contributed by atoms with Crippen molar-refractivity contribution in [1.29, 1.82) is 0 Å². The lowest BCUT2D eigenvalue weighted by molar-refractivity contribution is 0.107. The molecule has 1 aromatic rings. The Morgan fingerprint density at radius 3 is 2.42 bits per heavy atom. The highest BCUT2D eigenvalue weighted by Gasteiger charge is 2.28. The standard InChI is InChI=1S/C17H27NO/c1-13-5-6-16(19)14(11-13)12-18-9-7-15(8-10-18)17(2,3)4/h5-6,11,15,19H,7-10,12H2,1-4H3. The van der Waals surface area contributed by atoms with Crippen LogP contribution in [0.5, 0.6) is 5.75 Å². The molecule has 0 atom stereocenters. The van der Waals surface area contributed by atoms with Gasteiger partial charge in [0.1, 0.15) is 5.75 Å². The molecule has 106 valence electrons. The lowest BCUT2D eigenvalue weighted by Crippen LogP contribution is -2.37. The second-order valence-corrected chi connectivity index (χ2v) is 7.05. The summed E-state index contributed by atoms with van der Waals surface area (Å²) in [6, 6.07) is 5.88. The zero-order chi connectivity index (χ0) is 14.0. The Morgan fingerprint density at radius 2 is 1.84 bits per heavy atom. The van der Waals surface area contributed by atoms with Crippen LogP contribution in [0.3, 0.4) is 0 Å². The summed E-state index contributed by atoms with van der Waals surface area (Å²) in [5.41, 5.74) is 2.71. The Morgan fingerprint density at radius 1 is 1.21 bits per heavy atom. The summed E-state index contributed by atoms with van der Waals surface area (Å²) in [6.45, 7) is 12.3. The largest absolute Gasteiger partial charge is 0.508 e. The highest BCUT2D eigenvalue weighted by atomic mass is 16.3. The van der Waals surface area contributed by atoms with Gasteiger partial charge >= 0.3 is 0 Å². The fourth-order valence-corrected chi connectivity index (χ4v) is 3.04. The molecule has 0 saturated carbocycles. The van der Waals surface area contributed by atoms with Crippen LogP contribution in [0.4, 0.5) is 0 Å². The Hall–Kier alpha value is -1.02. The molecule has 0 amide bonds. The van der Waals surface area contributed by atoms with Crippen molar-refractivity contribution in [1.82, 2.24) is 4.90 Å². The van der Waals surface area contributed by atoms with Crippen LogP contribution in [0.25, 0.3) is 0 Å². The summed E-state index contributed by atoms with van der Waals surface area (Å²) in [5, 5.41) is 9.92. The van der Waals surface area contributed by atoms with Crippen LogP contribution < -0.4 is 0 Å². The molecule has 0 aliphatic carbocycles. The first-order valence-electron chi connectivity index (χ1n) is 7.37. The average Bonchev–Trinajstić information content (AvgIpc) is 2.33. The molecule has 1 aliphatic heterocycles. The first kappa shape index (κ1) is 14.4. The van der Waals surface area contributed by atoms with Gasteiger partial charge in [-0.05, 0) is 50.3 Å². The normalized spacial score (nSPS) is 18.7. The Balaban J connectivity index is 1.94. The van der Waals surface area contributed by atoms with Gasteiger partial charge < -0.3 is 5.11 Å². The van der Waals surface area contributed by atoms with E-state index in [-0.39, 0.29) is 0 Å². The topological polar surface area (TPSA) is 23.5 Å². The molecule has 2 nitrogen and oxygen atoms in total. The van der Waals surface area contributed by atoms with Crippen molar-refractivity contribution in [3.63, 3.8) is 0 Å². The van der Waals surface area contributed by atoms with E-state index in [1.165, 1.54) is 18.4 Å². The van der Waals surface area contributed by atoms with Crippen molar-refractivity contribution in [3.8, 4) is 5.75 Å². The van der Waals surface area contributed by atoms with Gasteiger partial charge in [0.25, 0.3) is 0 Å². The van der Waals surface area contributed by atoms with E-state index < -0.39 is 0 Å². The molecule has 0 bridgehead atoms. The van der Waals surface area contributed by atoms with Crippen molar-refractivity contribution < 1.29 is 5.11 Å². The molecule has 2 heteroatoms. The number of hydrogen-bond acceptors (Lipinski definition) is 2. The fourth-order valence-electron chi connectivity index (χ4n) is 3.04. The molecule has 2 rings (SSSR count). The van der Waals surface area contributed by atoms with Crippen LogP contribution in [0, 0.1) is 18.3 Å². The van der Waals surface area contributed by atoms with Gasteiger partial charge in [0.05, 0.1) is 0 Å². The second kappa shape index (κ2) is 5.54. The number of nitrogens with zero attached hydrogens (tertiary/aromatic N) is 1. The van der Waals surface area contributed by atoms with E-state index in [4.69, 9.17) is 0 Å². The van der Waals surface area contributed by atoms with Crippen molar-refractivity contribution >= 4 is 0 Å². The van der Waals surface area contributed by atoms with Crippen LogP contribution in [0.2, 0.25) is 0 Å². The maximum Gasteiger partial charge on any atom is 0.120 e. The van der Waals surface area contributed by atoms with Crippen molar-refractivity contribution in [2.45, 2.75) is 47.1 Å². The number of hydrogen-bond donors (Lipinski definition) is 1. The second-order valence-electron chi connectivity index (χ2n) is 7.05. The van der Waals surface area contributed by atoms with Gasteiger partial charge in [-0.15, -0.1) is 0 Å². The molecule has 0 aromatic heterocycles. The summed E-state index contributed by atoms with van der Waals surface area (Å²) < 4.78 is 0. The summed E-state index contributed by atoms with van der Waals surface area (Å²) in [6.07, 6.45) is 2.55. The summed E-state index contributed by atoms with van der Waals surface area (Å²) >= 11 is 0. The number of rotatable bonds is 2. The molecule has 1 aliphatic rings. The number of aromatic hydroxyl groups is 1. The van der Waals surface area contributed by atoms with Crippen LogP contribution in [0.15, 0.2) is 18.2 Å². The first-order chi connectivity index (χ1) is 8.86. The number of phenols is 1. The van der Waals surface area contributed by atoms with Gasteiger partial charge in [0.2, 0.25) is 0 Å². The minimum Gasteiger partial charge on any atom is -0.508 e. The van der Waals surface area contributed by atoms with Crippen molar-refractivity contribution in [2.24, 2.45) is 11.3 Å². The van der Waals surface area contributed by atoms with Gasteiger partial charge in [0.15, 0.2) is 0 Å². The van der Waals surface area contributed by atoms with Gasteiger partial charge in [-0.2, -0.15) is 0 Å². The summed E-state index contributed by atoms with van der Waals surface area (Å²) in [5.74, 6) is 1.26. The minimum absolute atomic E-state index is 0.428. The van der Waals surface area contributed by atoms with E-state index in [9.17, 15) is 5.11 Å². The highest BCUT2D eigenvalue weighted by molar-refractivity contribution is 5.35. The minimum atomic E-state index is 0.428. The number of piperidine rings is 1. The molecular formula is C17H27NO. The monoisotopic (exact) mass is 261 g/mol. The lowest BCUT2D eigenvalue weighted by Gasteiger charge is -2.38. The molecule has 19 heavy (non-hydrogen) atoms. The summed E-state index contributed by atoms with van der Waals surface area (Å²) in [4.78, 5) is 2.47. The molecule has 1 aromatic carbocycles. The predicted molar refractivity (Wildman–Crippen MR) is 80.3 cm³/mol. The van der Waals surface area contributed by atoms with Crippen LogP contribution in [-0.4, -0.2) is 23.1 Å². The lowest BCUT2D eigenvalue weighted by atomic mass is 9.75. The molecule has 0 radical (unpaired) electrons. The van der Waals surface area contributed by atoms with E-state index in [0.29, 0.717) is 11.2 Å². The van der Waals surface area contributed by atoms with Crippen LogP contribution in [-0.2, 0) is 6.54 Å². The zero-order valence-electron chi connectivity index (χ0n) is 12.7. The smallest absolute Gasteiger partial charge is 0.120 e. The number of phenolic OH excluding ortho intramolecular Hbond substituents is 1. The molecule has 1 fully saturated rings. The highest BCUT2D eigenvalue weighted by Crippen LogP contribution is 2.34. The number of aryl methyl sites for hydroxylation is 1. The van der Waals surface area contributed by atoms with Crippen molar-refractivity contribution in [3.05, 3.63) is 29.3 Å². The van der Waals surface area contributed by atoms with Crippen molar-refractivity contribution in [2.75, 3.05) is 13.1 Å². The maximum absolute atomic E-state index is 9.92. The third kappa shape index (κ3) is 3.73. The Kier molecular flexibility index (Phi) is 4.19. The van der Waals surface area contributed by atoms with Crippen LogP contribution in [0.1, 0.15) is 44.7 Å². The zero-order valence-corrected chi connectivity index (χ0v) is 12.7.